The van der Waals surface area contributed by atoms with Gasteiger partial charge in [-0.2, -0.15) is 0 Å². The van der Waals surface area contributed by atoms with Gasteiger partial charge in [0.05, 0.1) is 6.10 Å². The molecule has 2 rings (SSSR count). The van der Waals surface area contributed by atoms with Crippen molar-refractivity contribution in [2.24, 2.45) is 16.3 Å². The molecule has 1 heterocycles. The zero-order valence-electron chi connectivity index (χ0n) is 21.3. The lowest BCUT2D eigenvalue weighted by Crippen LogP contribution is -2.48. The minimum Gasteiger partial charge on any atom is -0.444 e. The number of halogens is 1. The van der Waals surface area contributed by atoms with Crippen LogP contribution in [0.4, 0.5) is 4.79 Å². The Balaban J connectivity index is 0.00000512. The maximum absolute atomic E-state index is 12.0. The summed E-state index contributed by atoms with van der Waals surface area (Å²) in [6.45, 7) is 17.0. The average Bonchev–Trinajstić information content (AvgIpc) is 2.66. The maximum atomic E-state index is 12.0. The highest BCUT2D eigenvalue weighted by Gasteiger charge is 2.35. The summed E-state index contributed by atoms with van der Waals surface area (Å²) in [7, 11) is 0. The van der Waals surface area contributed by atoms with Gasteiger partial charge in [-0.3, -0.25) is 4.99 Å². The van der Waals surface area contributed by atoms with Gasteiger partial charge in [-0.25, -0.2) is 4.79 Å². The van der Waals surface area contributed by atoms with Crippen molar-refractivity contribution in [1.82, 2.24) is 16.0 Å². The highest BCUT2D eigenvalue weighted by Crippen LogP contribution is 2.34. The standard InChI is InChI=1S/C24H46N4O3.HI/c1-8-25-21(26-16-17-10-9-15-30-20(17)23(2,3)4)27-18-11-13-19(14-12-18)28-22(29)31-24(5,6)7;/h17-20H,8-16H2,1-7H3,(H,28,29)(H2,25,26,27);1H. The van der Waals surface area contributed by atoms with Crippen LogP contribution in [0.5, 0.6) is 0 Å². The lowest BCUT2D eigenvalue weighted by atomic mass is 9.78. The van der Waals surface area contributed by atoms with Crippen LogP contribution in [-0.2, 0) is 9.47 Å². The van der Waals surface area contributed by atoms with Gasteiger partial charge in [-0.05, 0) is 71.6 Å². The van der Waals surface area contributed by atoms with Crippen LogP contribution in [0.15, 0.2) is 4.99 Å². The molecule has 8 heteroatoms. The highest BCUT2D eigenvalue weighted by atomic mass is 127. The van der Waals surface area contributed by atoms with E-state index in [0.717, 1.165) is 57.8 Å². The second-order valence-electron chi connectivity index (χ2n) is 11.1. The fraction of sp³-hybridized carbons (Fsp3) is 0.917. The van der Waals surface area contributed by atoms with E-state index in [4.69, 9.17) is 14.5 Å². The van der Waals surface area contributed by atoms with E-state index in [1.165, 1.54) is 6.42 Å². The normalized spacial score (nSPS) is 27.2. The molecule has 2 fully saturated rings. The fourth-order valence-corrected chi connectivity index (χ4v) is 4.57. The van der Waals surface area contributed by atoms with E-state index in [1.807, 2.05) is 20.8 Å². The Hall–Kier alpha value is -0.770. The molecule has 1 aliphatic heterocycles. The smallest absolute Gasteiger partial charge is 0.407 e. The first-order valence-corrected chi connectivity index (χ1v) is 12.1. The van der Waals surface area contributed by atoms with E-state index in [-0.39, 0.29) is 47.6 Å². The number of hydrogen-bond acceptors (Lipinski definition) is 4. The third-order valence-corrected chi connectivity index (χ3v) is 5.92. The lowest BCUT2D eigenvalue weighted by Gasteiger charge is -2.39. The van der Waals surface area contributed by atoms with Gasteiger partial charge < -0.3 is 25.4 Å². The van der Waals surface area contributed by atoms with Crippen molar-refractivity contribution in [1.29, 1.82) is 0 Å². The number of nitrogens with one attached hydrogen (secondary N) is 3. The van der Waals surface area contributed by atoms with Crippen LogP contribution in [0.3, 0.4) is 0 Å². The number of hydrogen-bond donors (Lipinski definition) is 3. The second kappa shape index (κ2) is 13.2. The Morgan fingerprint density at radius 1 is 1.00 bits per heavy atom. The maximum Gasteiger partial charge on any atom is 0.407 e. The predicted octanol–water partition coefficient (Wildman–Crippen LogP) is 4.84. The van der Waals surface area contributed by atoms with Crippen molar-refractivity contribution in [3.63, 3.8) is 0 Å². The molecule has 7 nitrogen and oxygen atoms in total. The number of carbonyl (C=O) groups is 1. The van der Waals surface area contributed by atoms with Crippen LogP contribution < -0.4 is 16.0 Å². The molecule has 1 aliphatic carbocycles. The minimum atomic E-state index is -0.463. The quantitative estimate of drug-likeness (QED) is 0.252. The first-order valence-electron chi connectivity index (χ1n) is 12.1. The van der Waals surface area contributed by atoms with E-state index < -0.39 is 5.60 Å². The Kier molecular flexibility index (Phi) is 12.1. The predicted molar refractivity (Wildman–Crippen MR) is 142 cm³/mol. The average molecular weight is 567 g/mol. The largest absolute Gasteiger partial charge is 0.444 e. The van der Waals surface area contributed by atoms with Crippen LogP contribution in [0.25, 0.3) is 0 Å². The summed E-state index contributed by atoms with van der Waals surface area (Å²) >= 11 is 0. The monoisotopic (exact) mass is 566 g/mol. The van der Waals surface area contributed by atoms with E-state index in [1.54, 1.807) is 0 Å². The number of nitrogens with zero attached hydrogens (tertiary/aromatic N) is 1. The van der Waals surface area contributed by atoms with Crippen LogP contribution in [0.1, 0.15) is 87.0 Å². The fourth-order valence-electron chi connectivity index (χ4n) is 4.57. The van der Waals surface area contributed by atoms with Crippen molar-refractivity contribution >= 4 is 36.0 Å². The number of guanidine groups is 1. The Morgan fingerprint density at radius 3 is 2.12 bits per heavy atom. The molecule has 0 aromatic heterocycles. The Labute approximate surface area is 212 Å². The Morgan fingerprint density at radius 2 is 1.59 bits per heavy atom. The zero-order chi connectivity index (χ0) is 23.1. The van der Waals surface area contributed by atoms with Gasteiger partial charge in [0, 0.05) is 37.7 Å². The van der Waals surface area contributed by atoms with Gasteiger partial charge in [0.2, 0.25) is 0 Å². The summed E-state index contributed by atoms with van der Waals surface area (Å²) in [4.78, 5) is 16.9. The van der Waals surface area contributed by atoms with Crippen molar-refractivity contribution in [3.05, 3.63) is 0 Å². The minimum absolute atomic E-state index is 0. The molecule has 1 amide bonds. The van der Waals surface area contributed by atoms with Crippen LogP contribution in [-0.4, -0.2) is 55.5 Å². The second-order valence-corrected chi connectivity index (χ2v) is 11.1. The summed E-state index contributed by atoms with van der Waals surface area (Å²) in [5.74, 6) is 1.35. The van der Waals surface area contributed by atoms with E-state index >= 15 is 0 Å². The van der Waals surface area contributed by atoms with Crippen molar-refractivity contribution in [2.45, 2.75) is 111 Å². The molecule has 32 heavy (non-hydrogen) atoms. The van der Waals surface area contributed by atoms with Gasteiger partial charge >= 0.3 is 6.09 Å². The molecule has 0 radical (unpaired) electrons. The topological polar surface area (TPSA) is 84.0 Å². The third kappa shape index (κ3) is 10.4. The summed E-state index contributed by atoms with van der Waals surface area (Å²) < 4.78 is 11.5. The van der Waals surface area contributed by atoms with Crippen LogP contribution in [0.2, 0.25) is 0 Å². The number of ether oxygens (including phenoxy) is 2. The van der Waals surface area contributed by atoms with Gasteiger partial charge in [-0.15, -0.1) is 24.0 Å². The summed E-state index contributed by atoms with van der Waals surface area (Å²) in [6.07, 6.45) is 6.11. The highest BCUT2D eigenvalue weighted by molar-refractivity contribution is 14.0. The van der Waals surface area contributed by atoms with Crippen LogP contribution >= 0.6 is 24.0 Å². The van der Waals surface area contributed by atoms with Crippen molar-refractivity contribution < 1.29 is 14.3 Å². The van der Waals surface area contributed by atoms with E-state index in [9.17, 15) is 4.79 Å². The molecule has 0 aromatic rings. The molecule has 1 saturated heterocycles. The molecule has 2 aliphatic rings. The van der Waals surface area contributed by atoms with E-state index in [2.05, 4.69) is 43.6 Å². The summed E-state index contributed by atoms with van der Waals surface area (Å²) in [5.41, 5.74) is -0.332. The summed E-state index contributed by atoms with van der Waals surface area (Å²) in [6, 6.07) is 0.551. The van der Waals surface area contributed by atoms with Crippen LogP contribution in [0, 0.1) is 11.3 Å². The number of alkyl carbamates (subject to hydrolysis) is 1. The molecule has 2 atom stereocenters. The van der Waals surface area contributed by atoms with Crippen molar-refractivity contribution in [3.8, 4) is 0 Å². The van der Waals surface area contributed by atoms with Gasteiger partial charge in [0.1, 0.15) is 5.60 Å². The van der Waals surface area contributed by atoms with E-state index in [0.29, 0.717) is 12.0 Å². The molecule has 2 unspecified atom stereocenters. The Bertz CT molecular complexity index is 593. The first kappa shape index (κ1) is 29.3. The summed E-state index contributed by atoms with van der Waals surface area (Å²) in [5, 5.41) is 10.0. The molecule has 0 aromatic carbocycles. The SMILES string of the molecule is CCNC(=NCC1CCCOC1C(C)(C)C)NC1CCC(NC(=O)OC(C)(C)C)CC1.I. The number of carbonyl (C=O) groups excluding carboxylic acids is 1. The van der Waals surface area contributed by atoms with Gasteiger partial charge in [-0.1, -0.05) is 20.8 Å². The number of rotatable bonds is 5. The molecule has 1 saturated carbocycles. The molecule has 188 valence electrons. The number of amides is 1. The zero-order valence-corrected chi connectivity index (χ0v) is 23.6. The van der Waals surface area contributed by atoms with Gasteiger partial charge in [0.15, 0.2) is 5.96 Å². The lowest BCUT2D eigenvalue weighted by molar-refractivity contribution is -0.0823. The number of aliphatic imine (C=N–C) groups is 1. The molecule has 3 N–H and O–H groups in total. The molecule has 0 spiro atoms. The molecular formula is C24H47IN4O3. The third-order valence-electron chi connectivity index (χ3n) is 5.92. The first-order chi connectivity index (χ1) is 14.5. The van der Waals surface area contributed by atoms with Crippen molar-refractivity contribution in [2.75, 3.05) is 19.7 Å². The molecular weight excluding hydrogens is 519 g/mol. The van der Waals surface area contributed by atoms with Gasteiger partial charge in [0.25, 0.3) is 0 Å². The molecule has 0 bridgehead atoms.